The molecular weight excluding hydrogens is 434 g/mol. The lowest BCUT2D eigenvalue weighted by Crippen LogP contribution is -2.37. The molecule has 154 valence electrons. The Morgan fingerprint density at radius 2 is 2.21 bits per heavy atom. The van der Waals surface area contributed by atoms with Gasteiger partial charge in [0.15, 0.2) is 4.84 Å². The van der Waals surface area contributed by atoms with Gasteiger partial charge in [-0.1, -0.05) is 41.0 Å². The maximum atomic E-state index is 14.7. The van der Waals surface area contributed by atoms with Crippen molar-refractivity contribution in [2.75, 3.05) is 23.7 Å². The van der Waals surface area contributed by atoms with Gasteiger partial charge in [-0.05, 0) is 35.8 Å². The average Bonchev–Trinajstić information content (AvgIpc) is 2.99. The zero-order valence-electron chi connectivity index (χ0n) is 14.6. The number of rotatable bonds is 5. The molecule has 0 bridgehead atoms. The molecule has 0 saturated carbocycles. The molecule has 1 aromatic rings. The molecule has 2 fully saturated rings. The molecule has 7 nitrogen and oxygen atoms in total. The predicted octanol–water partition coefficient (Wildman–Crippen LogP) is 2.32. The molecule has 2 aliphatic rings. The van der Waals surface area contributed by atoms with Crippen LogP contribution in [0.5, 0.6) is 0 Å². The van der Waals surface area contributed by atoms with E-state index in [1.54, 1.807) is 12.1 Å². The van der Waals surface area contributed by atoms with Crippen molar-refractivity contribution in [3.8, 4) is 0 Å². The summed E-state index contributed by atoms with van der Waals surface area (Å²) in [7, 11) is 0. The number of carbonyl (C=O) groups excluding carboxylic acids is 2. The number of aliphatic hydroxyl groups is 2. The van der Waals surface area contributed by atoms with Gasteiger partial charge in [0.05, 0.1) is 18.8 Å². The van der Waals surface area contributed by atoms with E-state index in [2.05, 4.69) is 5.32 Å². The smallest absolute Gasteiger partial charge is 0.414 e. The number of hydrogen-bond acceptors (Lipinski definition) is 6. The first-order valence-electron chi connectivity index (χ1n) is 8.58. The van der Waals surface area contributed by atoms with Crippen molar-refractivity contribution in [1.29, 1.82) is 0 Å². The van der Waals surface area contributed by atoms with E-state index in [1.807, 2.05) is 0 Å². The molecule has 2 amide bonds. The summed E-state index contributed by atoms with van der Waals surface area (Å²) >= 11 is 11.9. The van der Waals surface area contributed by atoms with Gasteiger partial charge in [0, 0.05) is 6.42 Å². The minimum atomic E-state index is -1.87. The standard InChI is InChI=1S/C17H19Cl2FN2O5S/c18-14(19)15(23)21-7-11-8-22(16(24)27-11)10-1-2-12(13(20)5-10)9-3-4-28-17(25,26)6-9/h1-2,5,9,11,14,25-26H,3-4,6-8H2,(H,21,23)/t9?,11-/m0/s1. The van der Waals surface area contributed by atoms with Crippen LogP contribution in [0.1, 0.15) is 24.3 Å². The van der Waals surface area contributed by atoms with E-state index in [0.29, 0.717) is 23.4 Å². The lowest BCUT2D eigenvalue weighted by Gasteiger charge is -2.32. The molecule has 0 aliphatic carbocycles. The first-order chi connectivity index (χ1) is 13.2. The Bertz CT molecular complexity index is 767. The van der Waals surface area contributed by atoms with Gasteiger partial charge >= 0.3 is 6.09 Å². The van der Waals surface area contributed by atoms with Crippen molar-refractivity contribution in [3.05, 3.63) is 29.6 Å². The summed E-state index contributed by atoms with van der Waals surface area (Å²) < 4.78 is 19.8. The van der Waals surface area contributed by atoms with Crippen LogP contribution < -0.4 is 10.2 Å². The molecular formula is C17H19Cl2FN2O5S. The average molecular weight is 453 g/mol. The highest BCUT2D eigenvalue weighted by Gasteiger charge is 2.36. The lowest BCUT2D eigenvalue weighted by atomic mass is 9.91. The molecule has 2 aliphatic heterocycles. The molecule has 28 heavy (non-hydrogen) atoms. The minimum Gasteiger partial charge on any atom is -0.442 e. The quantitative estimate of drug-likeness (QED) is 0.468. The molecule has 1 unspecified atom stereocenters. The third-order valence-corrected chi connectivity index (χ3v) is 6.09. The maximum Gasteiger partial charge on any atom is 0.414 e. The van der Waals surface area contributed by atoms with Crippen LogP contribution in [-0.4, -0.2) is 57.1 Å². The Morgan fingerprint density at radius 1 is 1.46 bits per heavy atom. The second-order valence-corrected chi connectivity index (χ2v) is 9.10. The molecule has 3 N–H and O–H groups in total. The van der Waals surface area contributed by atoms with Crippen LogP contribution in [0.2, 0.25) is 0 Å². The molecule has 2 heterocycles. The third kappa shape index (κ3) is 5.01. The second kappa shape index (κ2) is 8.62. The van der Waals surface area contributed by atoms with Gasteiger partial charge in [0.1, 0.15) is 11.9 Å². The van der Waals surface area contributed by atoms with Crippen LogP contribution in [0, 0.1) is 5.82 Å². The summed E-state index contributed by atoms with van der Waals surface area (Å²) in [6.07, 6.45) is -0.618. The van der Waals surface area contributed by atoms with Crippen LogP contribution in [0.4, 0.5) is 14.9 Å². The SMILES string of the molecule is O=C(NC[C@H]1CN(c2ccc(C3CCSC(O)(O)C3)c(F)c2)C(=O)O1)C(Cl)Cl. The summed E-state index contributed by atoms with van der Waals surface area (Å²) in [5.74, 6) is -0.932. The van der Waals surface area contributed by atoms with Crippen molar-refractivity contribution in [3.63, 3.8) is 0 Å². The van der Waals surface area contributed by atoms with Gasteiger partial charge in [-0.15, -0.1) is 0 Å². The first kappa shape index (κ1) is 21.4. The maximum absolute atomic E-state index is 14.7. The zero-order valence-corrected chi connectivity index (χ0v) is 16.9. The van der Waals surface area contributed by atoms with Crippen molar-refractivity contribution in [2.45, 2.75) is 34.8 Å². The van der Waals surface area contributed by atoms with E-state index in [9.17, 15) is 24.2 Å². The largest absolute Gasteiger partial charge is 0.442 e. The molecule has 0 aromatic heterocycles. The van der Waals surface area contributed by atoms with Crippen LogP contribution in [0.3, 0.4) is 0 Å². The normalized spacial score (nSPS) is 24.4. The van der Waals surface area contributed by atoms with E-state index in [1.165, 1.54) is 11.0 Å². The number of benzene rings is 1. The number of nitrogens with one attached hydrogen (secondary N) is 1. The molecule has 3 rings (SSSR count). The fraction of sp³-hybridized carbons (Fsp3) is 0.529. The van der Waals surface area contributed by atoms with E-state index < -0.39 is 33.9 Å². The fourth-order valence-electron chi connectivity index (χ4n) is 3.26. The number of anilines is 1. The number of amides is 2. The van der Waals surface area contributed by atoms with E-state index in [-0.39, 0.29) is 25.4 Å². The van der Waals surface area contributed by atoms with E-state index in [4.69, 9.17) is 27.9 Å². The number of cyclic esters (lactones) is 1. The summed E-state index contributed by atoms with van der Waals surface area (Å²) in [5.41, 5.74) is 0.695. The van der Waals surface area contributed by atoms with Crippen LogP contribution in [0.15, 0.2) is 18.2 Å². The van der Waals surface area contributed by atoms with Crippen LogP contribution in [0.25, 0.3) is 0 Å². The number of halogens is 3. The molecule has 1 aromatic carbocycles. The van der Waals surface area contributed by atoms with Gasteiger partial charge in [0.2, 0.25) is 5.12 Å². The number of ether oxygens (including phenoxy) is 1. The molecule has 2 saturated heterocycles. The second-order valence-electron chi connectivity index (χ2n) is 6.65. The number of thioether (sulfide) groups is 1. The Labute approximate surface area is 175 Å². The highest BCUT2D eigenvalue weighted by Crippen LogP contribution is 2.41. The Hall–Kier alpha value is -1.26. The number of hydrogen-bond donors (Lipinski definition) is 3. The number of carbonyl (C=O) groups is 2. The zero-order chi connectivity index (χ0) is 20.5. The Balaban J connectivity index is 1.66. The summed E-state index contributed by atoms with van der Waals surface area (Å²) in [4.78, 5) is 23.5. The molecule has 11 heteroatoms. The monoisotopic (exact) mass is 452 g/mol. The fourth-order valence-corrected chi connectivity index (χ4v) is 4.46. The minimum absolute atomic E-state index is 0.0313. The van der Waals surface area contributed by atoms with E-state index >= 15 is 0 Å². The molecule has 0 radical (unpaired) electrons. The van der Waals surface area contributed by atoms with Crippen molar-refractivity contribution < 1.29 is 28.9 Å². The Kier molecular flexibility index (Phi) is 6.61. The lowest BCUT2D eigenvalue weighted by molar-refractivity contribution is -0.119. The Morgan fingerprint density at radius 3 is 2.86 bits per heavy atom. The number of nitrogens with zero attached hydrogens (tertiary/aromatic N) is 1. The predicted molar refractivity (Wildman–Crippen MR) is 104 cm³/mol. The van der Waals surface area contributed by atoms with Crippen molar-refractivity contribution in [1.82, 2.24) is 5.32 Å². The van der Waals surface area contributed by atoms with Crippen molar-refractivity contribution in [2.24, 2.45) is 0 Å². The first-order valence-corrected chi connectivity index (χ1v) is 10.4. The van der Waals surface area contributed by atoms with Gasteiger partial charge in [-0.2, -0.15) is 0 Å². The third-order valence-electron chi connectivity index (χ3n) is 4.62. The summed E-state index contributed by atoms with van der Waals surface area (Å²) in [5, 5.41) is 20.2. The van der Waals surface area contributed by atoms with Gasteiger partial charge < -0.3 is 20.3 Å². The van der Waals surface area contributed by atoms with Crippen molar-refractivity contribution >= 4 is 52.7 Å². The highest BCUT2D eigenvalue weighted by atomic mass is 35.5. The number of alkyl halides is 2. The van der Waals surface area contributed by atoms with E-state index in [0.717, 1.165) is 11.8 Å². The topological polar surface area (TPSA) is 99.1 Å². The highest BCUT2D eigenvalue weighted by molar-refractivity contribution is 8.00. The van der Waals surface area contributed by atoms with Gasteiger partial charge in [-0.3, -0.25) is 9.69 Å². The molecule has 2 atom stereocenters. The molecule has 0 spiro atoms. The van der Waals surface area contributed by atoms with Gasteiger partial charge in [-0.25, -0.2) is 9.18 Å². The van der Waals surface area contributed by atoms with Crippen LogP contribution >= 0.6 is 35.0 Å². The summed E-state index contributed by atoms with van der Waals surface area (Å²) in [6.45, 7) is 0.163. The van der Waals surface area contributed by atoms with Gasteiger partial charge in [0.25, 0.3) is 5.91 Å². The summed E-state index contributed by atoms with van der Waals surface area (Å²) in [6, 6.07) is 4.37. The van der Waals surface area contributed by atoms with Crippen LogP contribution in [-0.2, 0) is 9.53 Å².